The van der Waals surface area contributed by atoms with Crippen molar-refractivity contribution in [2.75, 3.05) is 5.75 Å². The molecule has 0 fully saturated rings. The Hall–Kier alpha value is -2.38. The third-order valence-electron chi connectivity index (χ3n) is 4.11. The Bertz CT molecular complexity index is 975. The molecule has 29 heavy (non-hydrogen) atoms. The van der Waals surface area contributed by atoms with E-state index in [-0.39, 0.29) is 17.5 Å². The molecule has 0 saturated heterocycles. The van der Waals surface area contributed by atoms with Gasteiger partial charge in [-0.1, -0.05) is 61.5 Å². The zero-order valence-corrected chi connectivity index (χ0v) is 17.8. The van der Waals surface area contributed by atoms with E-state index in [0.29, 0.717) is 40.6 Å². The average molecular weight is 433 g/mol. The molecule has 0 unspecified atom stereocenters. The van der Waals surface area contributed by atoms with Crippen molar-refractivity contribution in [1.29, 1.82) is 0 Å². The molecule has 0 atom stereocenters. The van der Waals surface area contributed by atoms with Crippen molar-refractivity contribution < 1.29 is 9.18 Å². The number of amides is 1. The second-order valence-corrected chi connectivity index (χ2v) is 8.36. The summed E-state index contributed by atoms with van der Waals surface area (Å²) in [4.78, 5) is 12.2. The van der Waals surface area contributed by atoms with Crippen LogP contribution in [0.4, 0.5) is 4.39 Å². The Labute approximate surface area is 178 Å². The maximum atomic E-state index is 14.2. The minimum Gasteiger partial charge on any atom is -0.351 e. The van der Waals surface area contributed by atoms with Crippen molar-refractivity contribution in [3.8, 4) is 11.4 Å². The maximum absolute atomic E-state index is 14.2. The molecular weight excluding hydrogens is 411 g/mol. The molecule has 3 aromatic rings. The van der Waals surface area contributed by atoms with Gasteiger partial charge in [0.05, 0.1) is 11.3 Å². The van der Waals surface area contributed by atoms with Gasteiger partial charge in [0, 0.05) is 18.1 Å². The normalized spacial score (nSPS) is 11.1. The number of carbonyl (C=O) groups excluding carboxylic acids is 1. The summed E-state index contributed by atoms with van der Waals surface area (Å²) in [6.45, 7) is 5.19. The van der Waals surface area contributed by atoms with E-state index < -0.39 is 0 Å². The lowest BCUT2D eigenvalue weighted by Crippen LogP contribution is -2.24. The molecule has 8 heteroatoms. The Balaban J connectivity index is 1.67. The quantitative estimate of drug-likeness (QED) is 0.519. The Morgan fingerprint density at radius 2 is 1.90 bits per heavy atom. The van der Waals surface area contributed by atoms with Crippen LogP contribution in [0.3, 0.4) is 0 Å². The van der Waals surface area contributed by atoms with Crippen LogP contribution in [0.15, 0.2) is 53.7 Å². The van der Waals surface area contributed by atoms with Crippen molar-refractivity contribution >= 4 is 29.3 Å². The number of rotatable bonds is 8. The molecule has 3 rings (SSSR count). The number of hydrogen-bond acceptors (Lipinski definition) is 4. The Morgan fingerprint density at radius 1 is 1.17 bits per heavy atom. The van der Waals surface area contributed by atoms with E-state index in [1.54, 1.807) is 30.3 Å². The highest BCUT2D eigenvalue weighted by atomic mass is 35.5. The molecule has 0 saturated carbocycles. The van der Waals surface area contributed by atoms with Gasteiger partial charge in [-0.05, 0) is 35.7 Å². The number of carbonyl (C=O) groups is 1. The smallest absolute Gasteiger partial charge is 0.230 e. The fraction of sp³-hybridized carbons (Fsp3) is 0.286. The van der Waals surface area contributed by atoms with Crippen molar-refractivity contribution in [3.63, 3.8) is 0 Å². The van der Waals surface area contributed by atoms with Crippen molar-refractivity contribution in [3.05, 3.63) is 64.9 Å². The maximum Gasteiger partial charge on any atom is 0.230 e. The lowest BCUT2D eigenvalue weighted by molar-refractivity contribution is -0.118. The topological polar surface area (TPSA) is 59.8 Å². The molecule has 0 bridgehead atoms. The van der Waals surface area contributed by atoms with Crippen LogP contribution in [-0.2, 0) is 17.9 Å². The lowest BCUT2D eigenvalue weighted by Gasteiger charge is -2.13. The van der Waals surface area contributed by atoms with Gasteiger partial charge in [-0.3, -0.25) is 4.79 Å². The van der Waals surface area contributed by atoms with E-state index >= 15 is 0 Å². The molecule has 1 heterocycles. The van der Waals surface area contributed by atoms with E-state index in [2.05, 4.69) is 29.4 Å². The molecule has 0 radical (unpaired) electrons. The van der Waals surface area contributed by atoms with Crippen molar-refractivity contribution in [2.45, 2.75) is 32.1 Å². The van der Waals surface area contributed by atoms with Crippen LogP contribution in [-0.4, -0.2) is 26.4 Å². The summed E-state index contributed by atoms with van der Waals surface area (Å²) in [7, 11) is 0. The molecule has 1 aromatic heterocycles. The summed E-state index contributed by atoms with van der Waals surface area (Å²) in [6.07, 6.45) is 0. The van der Waals surface area contributed by atoms with Crippen LogP contribution in [0.1, 0.15) is 19.4 Å². The van der Waals surface area contributed by atoms with Gasteiger partial charge in [-0.25, -0.2) is 4.39 Å². The largest absolute Gasteiger partial charge is 0.351 e. The molecule has 1 amide bonds. The molecule has 0 spiro atoms. The van der Waals surface area contributed by atoms with Gasteiger partial charge in [-0.15, -0.1) is 10.2 Å². The lowest BCUT2D eigenvalue weighted by atomic mass is 10.2. The molecule has 1 N–H and O–H groups in total. The standard InChI is InChI=1S/C21H22ClFN4OS/c1-14(2)12-27-20(17-5-3-4-6-18(17)23)25-26-21(27)29-13-19(28)24-11-15-7-9-16(22)10-8-15/h3-10,14H,11-13H2,1-2H3,(H,24,28). The first-order chi connectivity index (χ1) is 13.9. The summed E-state index contributed by atoms with van der Waals surface area (Å²) < 4.78 is 16.1. The molecule has 2 aromatic carbocycles. The first kappa shape index (κ1) is 21.3. The Kier molecular flexibility index (Phi) is 7.28. The number of nitrogens with zero attached hydrogens (tertiary/aromatic N) is 3. The monoisotopic (exact) mass is 432 g/mol. The van der Waals surface area contributed by atoms with Gasteiger partial charge in [0.15, 0.2) is 11.0 Å². The van der Waals surface area contributed by atoms with Gasteiger partial charge in [0.2, 0.25) is 5.91 Å². The van der Waals surface area contributed by atoms with Crippen LogP contribution >= 0.6 is 23.4 Å². The van der Waals surface area contributed by atoms with Crippen LogP contribution in [0.5, 0.6) is 0 Å². The third kappa shape index (κ3) is 5.81. The predicted molar refractivity (Wildman–Crippen MR) is 114 cm³/mol. The minimum absolute atomic E-state index is 0.114. The fourth-order valence-corrected chi connectivity index (χ4v) is 3.65. The number of thioether (sulfide) groups is 1. The highest BCUT2D eigenvalue weighted by molar-refractivity contribution is 7.99. The highest BCUT2D eigenvalue weighted by Gasteiger charge is 2.18. The number of nitrogens with one attached hydrogen (secondary N) is 1. The van der Waals surface area contributed by atoms with Gasteiger partial charge >= 0.3 is 0 Å². The average Bonchev–Trinajstić information content (AvgIpc) is 3.08. The number of hydrogen-bond donors (Lipinski definition) is 1. The molecule has 0 aliphatic rings. The zero-order valence-electron chi connectivity index (χ0n) is 16.2. The predicted octanol–water partition coefficient (Wildman–Crippen LogP) is 4.80. The van der Waals surface area contributed by atoms with Crippen LogP contribution in [0.25, 0.3) is 11.4 Å². The van der Waals surface area contributed by atoms with E-state index in [1.165, 1.54) is 17.8 Å². The Morgan fingerprint density at radius 3 is 2.59 bits per heavy atom. The summed E-state index contributed by atoms with van der Waals surface area (Å²) in [5.74, 6) is 0.523. The minimum atomic E-state index is -0.345. The number of halogens is 2. The van der Waals surface area contributed by atoms with Crippen molar-refractivity contribution in [2.24, 2.45) is 5.92 Å². The van der Waals surface area contributed by atoms with Gasteiger partial charge in [0.25, 0.3) is 0 Å². The second-order valence-electron chi connectivity index (χ2n) is 6.98. The summed E-state index contributed by atoms with van der Waals surface area (Å²) in [5.41, 5.74) is 1.37. The van der Waals surface area contributed by atoms with E-state index in [4.69, 9.17) is 11.6 Å². The molecule has 5 nitrogen and oxygen atoms in total. The first-order valence-corrected chi connectivity index (χ1v) is 10.6. The number of benzene rings is 2. The molecular formula is C21H22ClFN4OS. The second kappa shape index (κ2) is 9.89. The highest BCUT2D eigenvalue weighted by Crippen LogP contribution is 2.26. The van der Waals surface area contributed by atoms with Crippen molar-refractivity contribution in [1.82, 2.24) is 20.1 Å². The SMILES string of the molecule is CC(C)Cn1c(SCC(=O)NCc2ccc(Cl)cc2)nnc1-c1ccccc1F. The van der Waals surface area contributed by atoms with E-state index in [1.807, 2.05) is 16.7 Å². The van der Waals surface area contributed by atoms with Gasteiger partial charge in [0.1, 0.15) is 5.82 Å². The van der Waals surface area contributed by atoms with Crippen LogP contribution in [0.2, 0.25) is 5.02 Å². The zero-order chi connectivity index (χ0) is 20.8. The molecule has 0 aliphatic carbocycles. The van der Waals surface area contributed by atoms with Gasteiger partial charge in [-0.2, -0.15) is 0 Å². The van der Waals surface area contributed by atoms with Crippen LogP contribution in [0, 0.1) is 11.7 Å². The summed E-state index contributed by atoms with van der Waals surface area (Å²) in [5, 5.41) is 12.5. The molecule has 0 aliphatic heterocycles. The summed E-state index contributed by atoms with van der Waals surface area (Å²) >= 11 is 7.16. The fourth-order valence-electron chi connectivity index (χ4n) is 2.75. The third-order valence-corrected chi connectivity index (χ3v) is 5.33. The van der Waals surface area contributed by atoms with Gasteiger partial charge < -0.3 is 9.88 Å². The van der Waals surface area contributed by atoms with Crippen LogP contribution < -0.4 is 5.32 Å². The van der Waals surface area contributed by atoms with E-state index in [9.17, 15) is 9.18 Å². The molecule has 152 valence electrons. The summed E-state index contributed by atoms with van der Waals surface area (Å²) in [6, 6.07) is 13.8. The van der Waals surface area contributed by atoms with E-state index in [0.717, 1.165) is 5.56 Å². The first-order valence-electron chi connectivity index (χ1n) is 9.26. The number of aromatic nitrogens is 3.